The molecule has 1 fully saturated rings. The number of carbonyl (C=O) groups excluding carboxylic acids is 1. The fourth-order valence-electron chi connectivity index (χ4n) is 2.76. The van der Waals surface area contributed by atoms with Crippen LogP contribution in [0.4, 0.5) is 0 Å². The van der Waals surface area contributed by atoms with Crippen molar-refractivity contribution in [2.75, 3.05) is 14.2 Å². The first-order valence-electron chi connectivity index (χ1n) is 8.63. The average molecular weight is 515 g/mol. The van der Waals surface area contributed by atoms with Crippen LogP contribution in [0, 0.1) is 0 Å². The molecule has 1 saturated heterocycles. The van der Waals surface area contributed by atoms with Crippen molar-refractivity contribution in [2.24, 2.45) is 0 Å². The molecule has 0 spiro atoms. The zero-order valence-corrected chi connectivity index (χ0v) is 19.7. The Bertz CT molecular complexity index is 1240. The van der Waals surface area contributed by atoms with Gasteiger partial charge in [0.15, 0.2) is 15.8 Å². The number of hydrazine groups is 1. The van der Waals surface area contributed by atoms with Gasteiger partial charge in [-0.3, -0.25) is 4.79 Å². The molecule has 1 amide bonds. The van der Waals surface area contributed by atoms with Crippen LogP contribution < -0.4 is 14.3 Å². The lowest BCUT2D eigenvalue weighted by molar-refractivity contribution is -0.123. The standard InChI is InChI=1S/C19H15ClN2O7S3/c1-28-13-8-3-10(15(18(24)25)16(13)29-2)9-14-17(23)22(19(30)31-14)21-32(26,27)12-6-4-11(20)5-7-12/h3-9,21H,1-2H3,(H,24,25)/b14-9+. The van der Waals surface area contributed by atoms with Gasteiger partial charge in [0.25, 0.3) is 15.9 Å². The van der Waals surface area contributed by atoms with Crippen LogP contribution in [0.2, 0.25) is 5.02 Å². The summed E-state index contributed by atoms with van der Waals surface area (Å²) in [5.74, 6) is -1.88. The minimum absolute atomic E-state index is 0.0172. The number of sulfonamides is 1. The number of amides is 1. The number of halogens is 1. The van der Waals surface area contributed by atoms with Gasteiger partial charge in [-0.15, -0.1) is 4.83 Å². The van der Waals surface area contributed by atoms with E-state index in [1.165, 1.54) is 56.7 Å². The molecule has 1 heterocycles. The number of nitrogens with zero attached hydrogens (tertiary/aromatic N) is 1. The van der Waals surface area contributed by atoms with E-state index in [1.54, 1.807) is 0 Å². The summed E-state index contributed by atoms with van der Waals surface area (Å²) in [5.41, 5.74) is -0.0740. The molecular weight excluding hydrogens is 500 g/mol. The van der Waals surface area contributed by atoms with Gasteiger partial charge in [0, 0.05) is 5.02 Å². The van der Waals surface area contributed by atoms with Gasteiger partial charge >= 0.3 is 5.97 Å². The van der Waals surface area contributed by atoms with Gasteiger partial charge in [0.05, 0.1) is 24.0 Å². The van der Waals surface area contributed by atoms with E-state index in [0.717, 1.165) is 11.8 Å². The van der Waals surface area contributed by atoms with E-state index >= 15 is 0 Å². The number of aromatic carboxylic acids is 1. The highest BCUT2D eigenvalue weighted by atomic mass is 35.5. The van der Waals surface area contributed by atoms with Crippen molar-refractivity contribution >= 4 is 67.9 Å². The Labute approximate surface area is 198 Å². The second kappa shape index (κ2) is 9.46. The average Bonchev–Trinajstić information content (AvgIpc) is 3.00. The van der Waals surface area contributed by atoms with Gasteiger partial charge in [-0.1, -0.05) is 41.6 Å². The maximum Gasteiger partial charge on any atom is 0.340 e. The largest absolute Gasteiger partial charge is 0.493 e. The summed E-state index contributed by atoms with van der Waals surface area (Å²) in [5, 5.41) is 10.7. The number of hydrogen-bond donors (Lipinski definition) is 2. The molecular formula is C19H15ClN2O7S3. The molecule has 2 aromatic carbocycles. The second-order valence-electron chi connectivity index (χ2n) is 6.14. The van der Waals surface area contributed by atoms with E-state index in [2.05, 4.69) is 4.83 Å². The van der Waals surface area contributed by atoms with Crippen molar-refractivity contribution in [2.45, 2.75) is 4.90 Å². The van der Waals surface area contributed by atoms with Crippen molar-refractivity contribution in [3.05, 3.63) is 57.5 Å². The highest BCUT2D eigenvalue weighted by Crippen LogP contribution is 2.37. The lowest BCUT2D eigenvalue weighted by atomic mass is 10.0. The van der Waals surface area contributed by atoms with E-state index in [-0.39, 0.29) is 36.7 Å². The zero-order valence-electron chi connectivity index (χ0n) is 16.5. The zero-order chi connectivity index (χ0) is 23.6. The molecule has 0 bridgehead atoms. The van der Waals surface area contributed by atoms with Crippen LogP contribution in [-0.2, 0) is 14.8 Å². The SMILES string of the molecule is COc1ccc(/C=C2/SC(=S)N(NS(=O)(=O)c3ccc(Cl)cc3)C2=O)c(C(=O)O)c1OC. The normalized spacial score (nSPS) is 15.3. The molecule has 2 N–H and O–H groups in total. The van der Waals surface area contributed by atoms with Crippen molar-refractivity contribution < 1.29 is 32.6 Å². The summed E-state index contributed by atoms with van der Waals surface area (Å²) >= 11 is 11.7. The van der Waals surface area contributed by atoms with Crippen LogP contribution in [0.15, 0.2) is 46.2 Å². The van der Waals surface area contributed by atoms with Gasteiger partial charge in [-0.2, -0.15) is 0 Å². The van der Waals surface area contributed by atoms with Crippen molar-refractivity contribution in [3.8, 4) is 11.5 Å². The summed E-state index contributed by atoms with van der Waals surface area (Å²) < 4.78 is 35.4. The number of ether oxygens (including phenoxy) is 2. The first-order chi connectivity index (χ1) is 15.1. The van der Waals surface area contributed by atoms with Gasteiger partial charge < -0.3 is 14.6 Å². The monoisotopic (exact) mass is 514 g/mol. The Kier molecular flexibility index (Phi) is 7.10. The van der Waals surface area contributed by atoms with Crippen LogP contribution in [0.5, 0.6) is 11.5 Å². The van der Waals surface area contributed by atoms with Crippen molar-refractivity contribution in [1.29, 1.82) is 0 Å². The summed E-state index contributed by atoms with van der Waals surface area (Å²) in [4.78, 5) is 26.7. The highest BCUT2D eigenvalue weighted by Gasteiger charge is 2.36. The van der Waals surface area contributed by atoms with Crippen LogP contribution in [0.1, 0.15) is 15.9 Å². The van der Waals surface area contributed by atoms with Gasteiger partial charge in [0.2, 0.25) is 0 Å². The molecule has 0 aromatic heterocycles. The Morgan fingerprint density at radius 3 is 2.41 bits per heavy atom. The van der Waals surface area contributed by atoms with E-state index in [4.69, 9.17) is 33.3 Å². The summed E-state index contributed by atoms with van der Waals surface area (Å²) in [7, 11) is -1.47. The van der Waals surface area contributed by atoms with Crippen LogP contribution >= 0.6 is 35.6 Å². The highest BCUT2D eigenvalue weighted by molar-refractivity contribution is 8.26. The minimum Gasteiger partial charge on any atom is -0.493 e. The van der Waals surface area contributed by atoms with E-state index in [9.17, 15) is 23.1 Å². The molecule has 3 rings (SSSR count). The Hall–Kier alpha value is -2.64. The third kappa shape index (κ3) is 4.74. The molecule has 32 heavy (non-hydrogen) atoms. The molecule has 9 nitrogen and oxygen atoms in total. The summed E-state index contributed by atoms with van der Waals surface area (Å²) in [6.45, 7) is 0. The number of thioether (sulfide) groups is 1. The summed E-state index contributed by atoms with van der Waals surface area (Å²) in [6.07, 6.45) is 1.29. The number of carbonyl (C=O) groups is 2. The number of benzene rings is 2. The third-order valence-corrected chi connectivity index (χ3v) is 7.08. The molecule has 13 heteroatoms. The number of methoxy groups -OCH3 is 2. The molecule has 168 valence electrons. The molecule has 2 aromatic rings. The van der Waals surface area contributed by atoms with Crippen LogP contribution in [0.3, 0.4) is 0 Å². The van der Waals surface area contributed by atoms with Crippen molar-refractivity contribution in [3.63, 3.8) is 0 Å². The maximum atomic E-state index is 12.8. The lowest BCUT2D eigenvalue weighted by Crippen LogP contribution is -2.44. The van der Waals surface area contributed by atoms with E-state index < -0.39 is 21.9 Å². The maximum absolute atomic E-state index is 12.8. The summed E-state index contributed by atoms with van der Waals surface area (Å²) in [6, 6.07) is 8.27. The number of rotatable bonds is 7. The first kappa shape index (κ1) is 24.0. The van der Waals surface area contributed by atoms with E-state index in [1.807, 2.05) is 0 Å². The Balaban J connectivity index is 1.96. The molecule has 1 aliphatic heterocycles. The van der Waals surface area contributed by atoms with Crippen LogP contribution in [0.25, 0.3) is 6.08 Å². The quantitative estimate of drug-likeness (QED) is 0.423. The molecule has 0 aliphatic carbocycles. The number of hydrogen-bond acceptors (Lipinski definition) is 8. The second-order valence-corrected chi connectivity index (χ2v) is 9.91. The van der Waals surface area contributed by atoms with Gasteiger partial charge in [-0.05, 0) is 42.0 Å². The topological polar surface area (TPSA) is 122 Å². The Morgan fingerprint density at radius 2 is 1.84 bits per heavy atom. The molecule has 0 saturated carbocycles. The molecule has 0 radical (unpaired) electrons. The predicted octanol–water partition coefficient (Wildman–Crippen LogP) is 3.15. The van der Waals surface area contributed by atoms with Crippen LogP contribution in [-0.4, -0.2) is 48.9 Å². The lowest BCUT2D eigenvalue weighted by Gasteiger charge is -2.16. The number of nitrogens with one attached hydrogen (secondary N) is 1. The van der Waals surface area contributed by atoms with Crippen molar-refractivity contribution in [1.82, 2.24) is 9.84 Å². The predicted molar refractivity (Wildman–Crippen MR) is 123 cm³/mol. The first-order valence-corrected chi connectivity index (χ1v) is 11.7. The fraction of sp³-hybridized carbons (Fsp3) is 0.105. The minimum atomic E-state index is -4.13. The number of carboxylic acid groups (broad SMARTS) is 1. The van der Waals surface area contributed by atoms with E-state index in [0.29, 0.717) is 10.0 Å². The van der Waals surface area contributed by atoms with Gasteiger partial charge in [-0.25, -0.2) is 18.2 Å². The number of thiocarbonyl (C=S) groups is 1. The molecule has 1 aliphatic rings. The Morgan fingerprint density at radius 1 is 1.19 bits per heavy atom. The third-order valence-electron chi connectivity index (χ3n) is 4.21. The fourth-order valence-corrected chi connectivity index (χ4v) is 5.18. The molecule has 0 unspecified atom stereocenters. The smallest absolute Gasteiger partial charge is 0.340 e. The molecule has 0 atom stereocenters. The number of carboxylic acids is 1. The van der Waals surface area contributed by atoms with Gasteiger partial charge in [0.1, 0.15) is 5.56 Å².